The van der Waals surface area contributed by atoms with Crippen molar-refractivity contribution in [3.05, 3.63) is 0 Å². The van der Waals surface area contributed by atoms with Gasteiger partial charge in [0.1, 0.15) is 0 Å². The summed E-state index contributed by atoms with van der Waals surface area (Å²) in [5.74, 6) is 0.679. The molecule has 1 N–H and O–H groups in total. The third-order valence-electron chi connectivity index (χ3n) is 3.26. The first-order valence-electron chi connectivity index (χ1n) is 6.09. The van der Waals surface area contributed by atoms with Crippen LogP contribution in [0.4, 0.5) is 0 Å². The van der Waals surface area contributed by atoms with Gasteiger partial charge < -0.3 is 10.1 Å². The van der Waals surface area contributed by atoms with E-state index >= 15 is 0 Å². The van der Waals surface area contributed by atoms with Crippen LogP contribution in [0, 0.1) is 5.92 Å². The summed E-state index contributed by atoms with van der Waals surface area (Å²) in [4.78, 5) is 12.0. The second kappa shape index (κ2) is 6.45. The molecule has 94 valence electrons. The zero-order valence-electron chi connectivity index (χ0n) is 10.2. The summed E-state index contributed by atoms with van der Waals surface area (Å²) in [6.45, 7) is 5.44. The van der Waals surface area contributed by atoms with Crippen LogP contribution < -0.4 is 5.32 Å². The largest absolute Gasteiger partial charge is 0.381 e. The molecule has 3 nitrogen and oxygen atoms in total. The molecule has 4 heteroatoms. The highest BCUT2D eigenvalue weighted by Gasteiger charge is 2.34. The molecule has 1 rings (SSSR count). The van der Waals surface area contributed by atoms with Crippen molar-refractivity contribution in [1.82, 2.24) is 5.32 Å². The lowest BCUT2D eigenvalue weighted by atomic mass is 9.91. The first-order valence-corrected chi connectivity index (χ1v) is 6.63. The molecule has 0 aromatic carbocycles. The Morgan fingerprint density at radius 1 is 1.50 bits per heavy atom. The lowest BCUT2D eigenvalue weighted by molar-refractivity contribution is -0.127. The monoisotopic (exact) mass is 247 g/mol. The first-order chi connectivity index (χ1) is 7.63. The molecular weight excluding hydrogens is 226 g/mol. The Labute approximate surface area is 103 Å². The zero-order valence-corrected chi connectivity index (χ0v) is 11.0. The van der Waals surface area contributed by atoms with Gasteiger partial charge in [0.15, 0.2) is 0 Å². The number of alkyl halides is 1. The highest BCUT2D eigenvalue weighted by atomic mass is 35.5. The van der Waals surface area contributed by atoms with Crippen molar-refractivity contribution in [2.24, 2.45) is 5.92 Å². The number of carbonyl (C=O) groups excluding carboxylic acids is 1. The number of hydrogen-bond acceptors (Lipinski definition) is 2. The van der Waals surface area contributed by atoms with E-state index in [0.717, 1.165) is 25.7 Å². The molecule has 1 heterocycles. The van der Waals surface area contributed by atoms with E-state index in [1.54, 1.807) is 0 Å². The number of nitrogens with one attached hydrogen (secondary N) is 1. The molecule has 0 spiro atoms. The minimum absolute atomic E-state index is 0.0768. The zero-order chi connectivity index (χ0) is 12.0. The van der Waals surface area contributed by atoms with Crippen molar-refractivity contribution in [2.75, 3.05) is 19.1 Å². The van der Waals surface area contributed by atoms with Gasteiger partial charge in [0.25, 0.3) is 0 Å². The van der Waals surface area contributed by atoms with Crippen molar-refractivity contribution < 1.29 is 9.53 Å². The van der Waals surface area contributed by atoms with Gasteiger partial charge in [-0.05, 0) is 19.3 Å². The quantitative estimate of drug-likeness (QED) is 0.758. The lowest BCUT2D eigenvalue weighted by Gasteiger charge is -2.37. The van der Waals surface area contributed by atoms with E-state index < -0.39 is 0 Å². The van der Waals surface area contributed by atoms with Gasteiger partial charge in [0, 0.05) is 25.0 Å². The maximum atomic E-state index is 12.0. The minimum Gasteiger partial charge on any atom is -0.381 e. The normalized spacial score (nSPS) is 21.4. The number of carbonyl (C=O) groups is 1. The van der Waals surface area contributed by atoms with Crippen LogP contribution in [0.2, 0.25) is 0 Å². The summed E-state index contributed by atoms with van der Waals surface area (Å²) in [5, 5.41) is 3.12. The molecule has 1 fully saturated rings. The molecule has 0 aromatic heterocycles. The highest BCUT2D eigenvalue weighted by Crippen LogP contribution is 2.23. The summed E-state index contributed by atoms with van der Waals surface area (Å²) in [5.41, 5.74) is -0.237. The van der Waals surface area contributed by atoms with Crippen LogP contribution >= 0.6 is 11.6 Å². The fourth-order valence-corrected chi connectivity index (χ4v) is 2.34. The van der Waals surface area contributed by atoms with Gasteiger partial charge in [-0.3, -0.25) is 4.79 Å². The van der Waals surface area contributed by atoms with Crippen LogP contribution in [-0.2, 0) is 9.53 Å². The molecule has 1 saturated heterocycles. The molecule has 0 aliphatic carbocycles. The minimum atomic E-state index is -0.237. The van der Waals surface area contributed by atoms with Gasteiger partial charge in [0.2, 0.25) is 5.91 Å². The Kier molecular flexibility index (Phi) is 5.56. The van der Waals surface area contributed by atoms with E-state index in [0.29, 0.717) is 19.1 Å². The summed E-state index contributed by atoms with van der Waals surface area (Å²) in [6.07, 6.45) is 3.61. The van der Waals surface area contributed by atoms with Crippen molar-refractivity contribution in [2.45, 2.75) is 45.1 Å². The van der Waals surface area contributed by atoms with Gasteiger partial charge in [0.05, 0.1) is 5.54 Å². The number of rotatable bonds is 5. The number of ether oxygens (including phenoxy) is 1. The van der Waals surface area contributed by atoms with Gasteiger partial charge in [-0.25, -0.2) is 0 Å². The average Bonchev–Trinajstić information content (AvgIpc) is 2.30. The fraction of sp³-hybridized carbons (Fsp3) is 0.917. The van der Waals surface area contributed by atoms with E-state index in [9.17, 15) is 4.79 Å². The number of halogens is 1. The summed E-state index contributed by atoms with van der Waals surface area (Å²) < 4.78 is 5.31. The first kappa shape index (κ1) is 13.8. The maximum absolute atomic E-state index is 12.0. The SMILES string of the molecule is CCCC(C)C(=O)NC1(CCl)CCOCC1. The third kappa shape index (κ3) is 3.63. The van der Waals surface area contributed by atoms with Crippen molar-refractivity contribution in [1.29, 1.82) is 0 Å². The Morgan fingerprint density at radius 2 is 2.12 bits per heavy atom. The molecule has 0 aromatic rings. The van der Waals surface area contributed by atoms with Gasteiger partial charge in [-0.1, -0.05) is 20.3 Å². The second-order valence-corrected chi connectivity index (χ2v) is 4.97. The molecule has 1 atom stereocenters. The van der Waals surface area contributed by atoms with Crippen LogP contribution in [-0.4, -0.2) is 30.5 Å². The van der Waals surface area contributed by atoms with Crippen LogP contribution in [0.1, 0.15) is 39.5 Å². The summed E-state index contributed by atoms with van der Waals surface area (Å²) in [6, 6.07) is 0. The molecule has 0 radical (unpaired) electrons. The molecule has 0 saturated carbocycles. The van der Waals surface area contributed by atoms with Gasteiger partial charge in [-0.2, -0.15) is 0 Å². The lowest BCUT2D eigenvalue weighted by Crippen LogP contribution is -2.54. The number of amides is 1. The molecule has 1 unspecified atom stereocenters. The summed E-state index contributed by atoms with van der Waals surface area (Å²) in [7, 11) is 0. The molecule has 1 aliphatic rings. The number of hydrogen-bond donors (Lipinski definition) is 1. The van der Waals surface area contributed by atoms with E-state index in [-0.39, 0.29) is 17.4 Å². The highest BCUT2D eigenvalue weighted by molar-refractivity contribution is 6.18. The smallest absolute Gasteiger partial charge is 0.223 e. The molecular formula is C12H22ClNO2. The average molecular weight is 248 g/mol. The maximum Gasteiger partial charge on any atom is 0.223 e. The molecule has 1 amide bonds. The standard InChI is InChI=1S/C12H22ClNO2/c1-3-4-10(2)11(15)14-12(9-13)5-7-16-8-6-12/h10H,3-9H2,1-2H3,(H,14,15). The van der Waals surface area contributed by atoms with Crippen molar-refractivity contribution >= 4 is 17.5 Å². The van der Waals surface area contributed by atoms with E-state index in [2.05, 4.69) is 12.2 Å². The third-order valence-corrected chi connectivity index (χ3v) is 3.77. The Bertz CT molecular complexity index is 227. The van der Waals surface area contributed by atoms with E-state index in [4.69, 9.17) is 16.3 Å². The van der Waals surface area contributed by atoms with Gasteiger partial charge in [-0.15, -0.1) is 11.6 Å². The Hall–Kier alpha value is -0.280. The van der Waals surface area contributed by atoms with E-state index in [1.807, 2.05) is 6.92 Å². The van der Waals surface area contributed by atoms with Gasteiger partial charge >= 0.3 is 0 Å². The predicted octanol–water partition coefficient (Wildman–Crippen LogP) is 2.33. The van der Waals surface area contributed by atoms with Crippen molar-refractivity contribution in [3.63, 3.8) is 0 Å². The fourth-order valence-electron chi connectivity index (χ4n) is 2.00. The Balaban J connectivity index is 2.51. The topological polar surface area (TPSA) is 38.3 Å². The summed E-state index contributed by atoms with van der Waals surface area (Å²) >= 11 is 5.99. The van der Waals surface area contributed by atoms with Crippen LogP contribution in [0.15, 0.2) is 0 Å². The van der Waals surface area contributed by atoms with Crippen molar-refractivity contribution in [3.8, 4) is 0 Å². The second-order valence-electron chi connectivity index (χ2n) is 4.71. The van der Waals surface area contributed by atoms with Crippen LogP contribution in [0.25, 0.3) is 0 Å². The molecule has 0 bridgehead atoms. The Morgan fingerprint density at radius 3 is 2.62 bits per heavy atom. The van der Waals surface area contributed by atoms with Crippen LogP contribution in [0.5, 0.6) is 0 Å². The molecule has 16 heavy (non-hydrogen) atoms. The van der Waals surface area contributed by atoms with E-state index in [1.165, 1.54) is 0 Å². The molecule has 1 aliphatic heterocycles. The van der Waals surface area contributed by atoms with Crippen LogP contribution in [0.3, 0.4) is 0 Å². The predicted molar refractivity (Wildman–Crippen MR) is 65.7 cm³/mol.